The van der Waals surface area contributed by atoms with Crippen LogP contribution in [0, 0.1) is 5.92 Å². The molecule has 0 N–H and O–H groups in total. The molecule has 1 saturated heterocycles. The van der Waals surface area contributed by atoms with Crippen LogP contribution in [0.1, 0.15) is 32.1 Å². The molecule has 0 bridgehead atoms. The summed E-state index contributed by atoms with van der Waals surface area (Å²) in [5.41, 5.74) is 0. The fraction of sp³-hybridized carbons (Fsp3) is 0.625. The van der Waals surface area contributed by atoms with Crippen LogP contribution < -0.4 is 9.47 Å². The minimum Gasteiger partial charge on any atom is -0.495 e. The molecule has 0 unspecified atom stereocenters. The number of hydrogen-bond donors (Lipinski definition) is 0. The van der Waals surface area contributed by atoms with Gasteiger partial charge in [-0.2, -0.15) is 4.31 Å². The molecular formula is C16H23NO4S. The van der Waals surface area contributed by atoms with Gasteiger partial charge in [0.05, 0.1) is 14.2 Å². The third-order valence-electron chi connectivity index (χ3n) is 4.89. The minimum atomic E-state index is -3.62. The van der Waals surface area contributed by atoms with Crippen molar-refractivity contribution in [2.45, 2.75) is 43.0 Å². The minimum absolute atomic E-state index is 0.133. The molecule has 0 spiro atoms. The molecule has 5 nitrogen and oxygen atoms in total. The van der Waals surface area contributed by atoms with Crippen molar-refractivity contribution in [2.24, 2.45) is 5.92 Å². The van der Waals surface area contributed by atoms with E-state index in [0.29, 0.717) is 24.0 Å². The van der Waals surface area contributed by atoms with Crippen molar-refractivity contribution in [2.75, 3.05) is 20.8 Å². The topological polar surface area (TPSA) is 55.8 Å². The number of rotatable bonds is 4. The van der Waals surface area contributed by atoms with E-state index >= 15 is 0 Å². The van der Waals surface area contributed by atoms with Gasteiger partial charge in [0.25, 0.3) is 10.0 Å². The Hall–Kier alpha value is -1.27. The number of ether oxygens (including phenoxy) is 2. The van der Waals surface area contributed by atoms with Crippen molar-refractivity contribution in [3.63, 3.8) is 0 Å². The molecule has 1 heterocycles. The lowest BCUT2D eigenvalue weighted by Crippen LogP contribution is -2.46. The van der Waals surface area contributed by atoms with Crippen LogP contribution in [0.15, 0.2) is 23.1 Å². The second-order valence-corrected chi connectivity index (χ2v) is 7.84. The highest BCUT2D eigenvalue weighted by Crippen LogP contribution is 2.42. The van der Waals surface area contributed by atoms with Gasteiger partial charge in [-0.1, -0.05) is 12.5 Å². The summed E-state index contributed by atoms with van der Waals surface area (Å²) in [5.74, 6) is 1.20. The molecule has 0 radical (unpaired) electrons. The van der Waals surface area contributed by atoms with E-state index in [1.54, 1.807) is 22.5 Å². The first-order valence-corrected chi connectivity index (χ1v) is 9.26. The maximum absolute atomic E-state index is 13.3. The monoisotopic (exact) mass is 325 g/mol. The third kappa shape index (κ3) is 2.48. The largest absolute Gasteiger partial charge is 0.495 e. The van der Waals surface area contributed by atoms with Crippen LogP contribution in [-0.4, -0.2) is 39.5 Å². The van der Waals surface area contributed by atoms with Gasteiger partial charge in [0.2, 0.25) is 0 Å². The van der Waals surface area contributed by atoms with Crippen molar-refractivity contribution in [3.05, 3.63) is 18.2 Å². The summed E-state index contributed by atoms with van der Waals surface area (Å²) in [6, 6.07) is 5.22. The van der Waals surface area contributed by atoms with Crippen molar-refractivity contribution in [1.29, 1.82) is 0 Å². The SMILES string of the molecule is COc1cccc(OC)c1S(=O)(=O)N1CCC[C@H]2CCC[C@@H]21. The van der Waals surface area contributed by atoms with E-state index in [4.69, 9.17) is 9.47 Å². The second-order valence-electron chi connectivity index (χ2n) is 6.01. The Labute approximate surface area is 132 Å². The van der Waals surface area contributed by atoms with Gasteiger partial charge < -0.3 is 9.47 Å². The number of fused-ring (bicyclic) bond motifs is 1. The van der Waals surface area contributed by atoms with Gasteiger partial charge in [-0.15, -0.1) is 0 Å². The van der Waals surface area contributed by atoms with Gasteiger partial charge in [0, 0.05) is 12.6 Å². The number of hydrogen-bond acceptors (Lipinski definition) is 4. The molecule has 1 aromatic rings. The fourth-order valence-corrected chi connectivity index (χ4v) is 5.94. The number of nitrogens with zero attached hydrogens (tertiary/aromatic N) is 1. The highest BCUT2D eigenvalue weighted by Gasteiger charge is 2.43. The smallest absolute Gasteiger partial charge is 0.250 e. The Balaban J connectivity index is 2.06. The number of benzene rings is 1. The zero-order chi connectivity index (χ0) is 15.7. The lowest BCUT2D eigenvalue weighted by Gasteiger charge is -2.37. The predicted molar refractivity (Wildman–Crippen MR) is 83.8 cm³/mol. The van der Waals surface area contributed by atoms with Crippen molar-refractivity contribution in [1.82, 2.24) is 4.31 Å². The molecule has 0 aromatic heterocycles. The van der Waals surface area contributed by atoms with E-state index in [1.807, 2.05) is 0 Å². The van der Waals surface area contributed by atoms with Crippen LogP contribution in [0.25, 0.3) is 0 Å². The average Bonchev–Trinajstić information content (AvgIpc) is 3.02. The second kappa shape index (κ2) is 6.08. The Morgan fingerprint density at radius 2 is 1.68 bits per heavy atom. The molecular weight excluding hydrogens is 302 g/mol. The summed E-state index contributed by atoms with van der Waals surface area (Å²) in [6.45, 7) is 0.588. The highest BCUT2D eigenvalue weighted by atomic mass is 32.2. The number of methoxy groups -OCH3 is 2. The van der Waals surface area contributed by atoms with Gasteiger partial charge in [-0.25, -0.2) is 8.42 Å². The fourth-order valence-electron chi connectivity index (χ4n) is 3.90. The summed E-state index contributed by atoms with van der Waals surface area (Å²) in [5, 5.41) is 0. The predicted octanol–water partition coefficient (Wildman–Crippen LogP) is 2.66. The Kier molecular flexibility index (Phi) is 4.32. The van der Waals surface area contributed by atoms with Gasteiger partial charge in [-0.3, -0.25) is 0 Å². The molecule has 2 fully saturated rings. The molecule has 1 saturated carbocycles. The lowest BCUT2D eigenvalue weighted by atomic mass is 9.94. The molecule has 0 amide bonds. The summed E-state index contributed by atoms with van der Waals surface area (Å²) in [6.07, 6.45) is 5.28. The van der Waals surface area contributed by atoms with Crippen LogP contribution in [0.3, 0.4) is 0 Å². The first kappa shape index (κ1) is 15.6. The average molecular weight is 325 g/mol. The van der Waals surface area contributed by atoms with E-state index in [9.17, 15) is 8.42 Å². The highest BCUT2D eigenvalue weighted by molar-refractivity contribution is 7.89. The van der Waals surface area contributed by atoms with Crippen LogP contribution in [-0.2, 0) is 10.0 Å². The van der Waals surface area contributed by atoms with Gasteiger partial charge in [0.1, 0.15) is 11.5 Å². The zero-order valence-corrected chi connectivity index (χ0v) is 13.9. The Morgan fingerprint density at radius 3 is 2.32 bits per heavy atom. The van der Waals surface area contributed by atoms with Crippen LogP contribution in [0.5, 0.6) is 11.5 Å². The summed E-state index contributed by atoms with van der Waals surface area (Å²) >= 11 is 0. The van der Waals surface area contributed by atoms with E-state index in [1.165, 1.54) is 14.2 Å². The molecule has 1 aliphatic heterocycles. The molecule has 2 atom stereocenters. The number of sulfonamides is 1. The van der Waals surface area contributed by atoms with Gasteiger partial charge >= 0.3 is 0 Å². The van der Waals surface area contributed by atoms with Gasteiger partial charge in [-0.05, 0) is 43.7 Å². The molecule has 2 aliphatic rings. The van der Waals surface area contributed by atoms with Crippen LogP contribution in [0.2, 0.25) is 0 Å². The maximum atomic E-state index is 13.3. The molecule has 6 heteroatoms. The van der Waals surface area contributed by atoms with Crippen molar-refractivity contribution >= 4 is 10.0 Å². The van der Waals surface area contributed by atoms with Crippen LogP contribution in [0.4, 0.5) is 0 Å². The summed E-state index contributed by atoms with van der Waals surface area (Å²) < 4.78 is 38.8. The Morgan fingerprint density at radius 1 is 1.05 bits per heavy atom. The molecule has 1 aromatic carbocycles. The van der Waals surface area contributed by atoms with E-state index in [2.05, 4.69) is 0 Å². The molecule has 122 valence electrons. The first-order valence-electron chi connectivity index (χ1n) is 7.82. The first-order chi connectivity index (χ1) is 10.6. The quantitative estimate of drug-likeness (QED) is 0.854. The summed E-state index contributed by atoms with van der Waals surface area (Å²) in [7, 11) is -0.641. The molecule has 22 heavy (non-hydrogen) atoms. The Bertz CT molecular complexity index is 621. The number of piperidine rings is 1. The van der Waals surface area contributed by atoms with Crippen molar-refractivity contribution in [3.8, 4) is 11.5 Å². The maximum Gasteiger partial charge on any atom is 0.250 e. The van der Waals surface area contributed by atoms with Crippen LogP contribution >= 0.6 is 0 Å². The van der Waals surface area contributed by atoms with Gasteiger partial charge in [0.15, 0.2) is 4.90 Å². The third-order valence-corrected chi connectivity index (χ3v) is 6.88. The van der Waals surface area contributed by atoms with E-state index in [0.717, 1.165) is 32.1 Å². The summed E-state index contributed by atoms with van der Waals surface area (Å²) in [4.78, 5) is 0.160. The zero-order valence-electron chi connectivity index (χ0n) is 13.1. The normalized spacial score (nSPS) is 25.7. The lowest BCUT2D eigenvalue weighted by molar-refractivity contribution is 0.201. The standard InChI is InChI=1S/C16H23NO4S/c1-20-14-9-4-10-15(21-2)16(14)22(18,19)17-11-5-7-12-6-3-8-13(12)17/h4,9-10,12-13H,3,5-8,11H2,1-2H3/t12-,13+/m1/s1. The van der Waals surface area contributed by atoms with E-state index in [-0.39, 0.29) is 10.9 Å². The van der Waals surface area contributed by atoms with E-state index < -0.39 is 10.0 Å². The van der Waals surface area contributed by atoms with Crippen molar-refractivity contribution < 1.29 is 17.9 Å². The molecule has 1 aliphatic carbocycles. The molecule has 3 rings (SSSR count).